The molecule has 0 amide bonds. The molecule has 1 N–H and O–H groups in total. The summed E-state index contributed by atoms with van der Waals surface area (Å²) in [6.45, 7) is 1.75. The van der Waals surface area contributed by atoms with E-state index < -0.39 is 9.05 Å². The van der Waals surface area contributed by atoms with Crippen LogP contribution in [0.25, 0.3) is 11.0 Å². The van der Waals surface area contributed by atoms with Crippen LogP contribution in [0.3, 0.4) is 0 Å². The Balaban J connectivity index is 2.90. The molecule has 0 aliphatic rings. The molecule has 0 fully saturated rings. The minimum atomic E-state index is -3.73. The van der Waals surface area contributed by atoms with Gasteiger partial charge in [-0.2, -0.15) is 0 Å². The van der Waals surface area contributed by atoms with Gasteiger partial charge in [-0.15, -0.1) is 0 Å². The van der Waals surface area contributed by atoms with Crippen LogP contribution >= 0.6 is 10.7 Å². The van der Waals surface area contributed by atoms with Gasteiger partial charge in [-0.25, -0.2) is 13.4 Å². The standard InChI is InChI=1S/C8H7ClN2O2S/c1-5-10-6-3-2-4-7(8(6)11-5)14(9,12)13/h2-4H,1H3,(H,10,11). The highest BCUT2D eigenvalue weighted by Crippen LogP contribution is 2.23. The van der Waals surface area contributed by atoms with Gasteiger partial charge in [0.1, 0.15) is 16.2 Å². The average molecular weight is 231 g/mol. The summed E-state index contributed by atoms with van der Waals surface area (Å²) >= 11 is 0. The maximum atomic E-state index is 11.2. The lowest BCUT2D eigenvalue weighted by molar-refractivity contribution is 0.610. The van der Waals surface area contributed by atoms with Crippen LogP contribution in [0.1, 0.15) is 5.82 Å². The number of imidazole rings is 1. The number of benzene rings is 1. The van der Waals surface area contributed by atoms with Crippen molar-refractivity contribution in [1.82, 2.24) is 9.97 Å². The fourth-order valence-corrected chi connectivity index (χ4v) is 2.33. The lowest BCUT2D eigenvalue weighted by atomic mass is 10.3. The van der Waals surface area contributed by atoms with Crippen LogP contribution in [0.15, 0.2) is 23.1 Å². The molecule has 0 bridgehead atoms. The molecule has 0 radical (unpaired) electrons. The minimum absolute atomic E-state index is 0.0426. The van der Waals surface area contributed by atoms with Gasteiger partial charge in [0.2, 0.25) is 0 Å². The molecule has 2 aromatic rings. The van der Waals surface area contributed by atoms with Crippen LogP contribution in [-0.4, -0.2) is 18.4 Å². The van der Waals surface area contributed by atoms with Crippen molar-refractivity contribution >= 4 is 30.8 Å². The number of H-pyrrole nitrogens is 1. The number of aromatic amines is 1. The van der Waals surface area contributed by atoms with Crippen molar-refractivity contribution in [3.8, 4) is 0 Å². The third-order valence-electron chi connectivity index (χ3n) is 1.86. The van der Waals surface area contributed by atoms with Crippen LogP contribution in [0.4, 0.5) is 0 Å². The van der Waals surface area contributed by atoms with E-state index in [1.54, 1.807) is 19.1 Å². The summed E-state index contributed by atoms with van der Waals surface area (Å²) in [6.07, 6.45) is 0. The van der Waals surface area contributed by atoms with Gasteiger partial charge >= 0.3 is 0 Å². The molecule has 0 aliphatic heterocycles. The third kappa shape index (κ3) is 1.49. The fourth-order valence-electron chi connectivity index (χ4n) is 1.33. The molecule has 6 heteroatoms. The minimum Gasteiger partial charge on any atom is -0.342 e. The van der Waals surface area contributed by atoms with Crippen molar-refractivity contribution in [3.05, 3.63) is 24.0 Å². The maximum Gasteiger partial charge on any atom is 0.263 e. The van der Waals surface area contributed by atoms with Crippen molar-refractivity contribution in [2.45, 2.75) is 11.8 Å². The summed E-state index contributed by atoms with van der Waals surface area (Å²) in [6, 6.07) is 4.81. The Bertz CT molecular complexity index is 588. The second-order valence-corrected chi connectivity index (χ2v) is 5.45. The largest absolute Gasteiger partial charge is 0.342 e. The number of nitrogens with zero attached hydrogens (tertiary/aromatic N) is 1. The maximum absolute atomic E-state index is 11.2. The summed E-state index contributed by atoms with van der Waals surface area (Å²) < 4.78 is 22.3. The fraction of sp³-hybridized carbons (Fsp3) is 0.125. The summed E-state index contributed by atoms with van der Waals surface area (Å²) in [4.78, 5) is 7.04. The Morgan fingerprint density at radius 1 is 1.43 bits per heavy atom. The molecular weight excluding hydrogens is 224 g/mol. The van der Waals surface area contributed by atoms with Crippen LogP contribution in [0.2, 0.25) is 0 Å². The Kier molecular flexibility index (Phi) is 2.01. The van der Waals surface area contributed by atoms with Gasteiger partial charge in [0.05, 0.1) is 5.52 Å². The number of hydrogen-bond donors (Lipinski definition) is 1. The normalized spacial score (nSPS) is 12.1. The highest BCUT2D eigenvalue weighted by atomic mass is 35.7. The topological polar surface area (TPSA) is 62.8 Å². The highest BCUT2D eigenvalue weighted by Gasteiger charge is 2.15. The SMILES string of the molecule is Cc1nc2c(S(=O)(=O)Cl)cccc2[nH]1. The first-order valence-electron chi connectivity index (χ1n) is 3.88. The summed E-state index contributed by atoms with van der Waals surface area (Å²) in [5.41, 5.74) is 1.06. The van der Waals surface area contributed by atoms with Crippen LogP contribution in [-0.2, 0) is 9.05 Å². The first-order valence-corrected chi connectivity index (χ1v) is 6.19. The molecule has 0 aliphatic carbocycles. The van der Waals surface area contributed by atoms with E-state index in [-0.39, 0.29) is 4.90 Å². The van der Waals surface area contributed by atoms with Gasteiger partial charge in [0, 0.05) is 10.7 Å². The Morgan fingerprint density at radius 3 is 2.79 bits per heavy atom. The zero-order valence-electron chi connectivity index (χ0n) is 7.28. The molecule has 4 nitrogen and oxygen atoms in total. The molecular formula is C8H7ClN2O2S. The van der Waals surface area contributed by atoms with E-state index in [4.69, 9.17) is 10.7 Å². The molecule has 1 heterocycles. The van der Waals surface area contributed by atoms with E-state index in [0.717, 1.165) is 0 Å². The number of hydrogen-bond acceptors (Lipinski definition) is 3. The highest BCUT2D eigenvalue weighted by molar-refractivity contribution is 8.14. The molecule has 1 aromatic heterocycles. The van der Waals surface area contributed by atoms with Gasteiger partial charge in [-0.05, 0) is 19.1 Å². The number of nitrogens with one attached hydrogen (secondary N) is 1. The summed E-state index contributed by atoms with van der Waals surface area (Å²) in [7, 11) is 1.54. The number of halogens is 1. The summed E-state index contributed by atoms with van der Waals surface area (Å²) in [5.74, 6) is 0.660. The lowest BCUT2D eigenvalue weighted by Crippen LogP contribution is -1.91. The van der Waals surface area contributed by atoms with E-state index in [9.17, 15) is 8.42 Å². The van der Waals surface area contributed by atoms with Gasteiger partial charge in [0.15, 0.2) is 0 Å². The zero-order chi connectivity index (χ0) is 10.3. The Morgan fingerprint density at radius 2 is 2.14 bits per heavy atom. The molecule has 1 aromatic carbocycles. The predicted molar refractivity (Wildman–Crippen MR) is 53.9 cm³/mol. The van der Waals surface area contributed by atoms with Crippen LogP contribution in [0, 0.1) is 6.92 Å². The van der Waals surface area contributed by atoms with Crippen LogP contribution < -0.4 is 0 Å². The van der Waals surface area contributed by atoms with E-state index in [2.05, 4.69) is 9.97 Å². The number of aromatic nitrogens is 2. The first kappa shape index (κ1) is 9.48. The summed E-state index contributed by atoms with van der Waals surface area (Å²) in [5, 5.41) is 0. The van der Waals surface area contributed by atoms with E-state index in [1.807, 2.05) is 0 Å². The molecule has 0 spiro atoms. The van der Waals surface area contributed by atoms with Crippen molar-refractivity contribution in [2.24, 2.45) is 0 Å². The van der Waals surface area contributed by atoms with Gasteiger partial charge in [0.25, 0.3) is 9.05 Å². The second-order valence-electron chi connectivity index (χ2n) is 2.91. The average Bonchev–Trinajstić information content (AvgIpc) is 2.41. The molecule has 0 unspecified atom stereocenters. The molecule has 2 rings (SSSR count). The number of aryl methyl sites for hydroxylation is 1. The van der Waals surface area contributed by atoms with Gasteiger partial charge < -0.3 is 4.98 Å². The predicted octanol–water partition coefficient (Wildman–Crippen LogP) is 1.80. The monoisotopic (exact) mass is 230 g/mol. The smallest absolute Gasteiger partial charge is 0.263 e. The number of fused-ring (bicyclic) bond motifs is 1. The lowest BCUT2D eigenvalue weighted by Gasteiger charge is -1.95. The quantitative estimate of drug-likeness (QED) is 0.760. The molecule has 0 saturated heterocycles. The van der Waals surface area contributed by atoms with Gasteiger partial charge in [-0.1, -0.05) is 6.07 Å². The number of rotatable bonds is 1. The van der Waals surface area contributed by atoms with E-state index >= 15 is 0 Å². The first-order chi connectivity index (χ1) is 6.48. The van der Waals surface area contributed by atoms with Crippen molar-refractivity contribution < 1.29 is 8.42 Å². The van der Waals surface area contributed by atoms with Crippen LogP contribution in [0.5, 0.6) is 0 Å². The van der Waals surface area contributed by atoms with Gasteiger partial charge in [-0.3, -0.25) is 0 Å². The number of para-hydroxylation sites is 1. The van der Waals surface area contributed by atoms with E-state index in [0.29, 0.717) is 16.9 Å². The molecule has 74 valence electrons. The van der Waals surface area contributed by atoms with Crippen molar-refractivity contribution in [3.63, 3.8) is 0 Å². The third-order valence-corrected chi connectivity index (χ3v) is 3.21. The zero-order valence-corrected chi connectivity index (χ0v) is 8.85. The molecule has 14 heavy (non-hydrogen) atoms. The Hall–Kier alpha value is -1.07. The van der Waals surface area contributed by atoms with E-state index in [1.165, 1.54) is 6.07 Å². The second kappa shape index (κ2) is 2.96. The molecule has 0 saturated carbocycles. The molecule has 0 atom stereocenters. The Labute approximate surface area is 85.3 Å². The van der Waals surface area contributed by atoms with Crippen molar-refractivity contribution in [2.75, 3.05) is 0 Å². The van der Waals surface area contributed by atoms with Crippen molar-refractivity contribution in [1.29, 1.82) is 0 Å².